The number of nitrogens with one attached hydrogen (secondary N) is 1. The highest BCUT2D eigenvalue weighted by atomic mass is 32.1. The first-order chi connectivity index (χ1) is 9.09. The van der Waals surface area contributed by atoms with Gasteiger partial charge in [-0.05, 0) is 50.0 Å². The number of hydrogen-bond donors (Lipinski definition) is 2. The van der Waals surface area contributed by atoms with Gasteiger partial charge in [-0.25, -0.2) is 0 Å². The molecule has 1 fully saturated rings. The third-order valence-corrected chi connectivity index (χ3v) is 3.82. The minimum Gasteiger partial charge on any atom is -0.368 e. The molecule has 0 unspecified atom stereocenters. The van der Waals surface area contributed by atoms with Crippen molar-refractivity contribution >= 4 is 28.9 Å². The zero-order chi connectivity index (χ0) is 13.8. The Labute approximate surface area is 119 Å². The molecular weight excluding hydrogens is 258 g/mol. The molecule has 1 aliphatic heterocycles. The van der Waals surface area contributed by atoms with Crippen LogP contribution in [0.5, 0.6) is 0 Å². The molecule has 5 heteroatoms. The highest BCUT2D eigenvalue weighted by Gasteiger charge is 2.28. The van der Waals surface area contributed by atoms with Crippen molar-refractivity contribution in [2.75, 3.05) is 11.9 Å². The number of thiocarbonyl (C=S) groups is 1. The predicted molar refractivity (Wildman–Crippen MR) is 80.9 cm³/mol. The molecule has 0 spiro atoms. The van der Waals surface area contributed by atoms with E-state index in [1.807, 2.05) is 36.1 Å². The molecule has 1 aromatic rings. The summed E-state index contributed by atoms with van der Waals surface area (Å²) >= 11 is 5.42. The second kappa shape index (κ2) is 6.02. The summed E-state index contributed by atoms with van der Waals surface area (Å²) in [6.07, 6.45) is 2.85. The van der Waals surface area contributed by atoms with E-state index in [9.17, 15) is 4.79 Å². The summed E-state index contributed by atoms with van der Waals surface area (Å²) in [6.45, 7) is 2.80. The van der Waals surface area contributed by atoms with E-state index in [-0.39, 0.29) is 11.9 Å². The molecule has 1 aliphatic rings. The van der Waals surface area contributed by atoms with E-state index in [1.54, 1.807) is 0 Å². The van der Waals surface area contributed by atoms with Crippen LogP contribution in [-0.2, 0) is 4.79 Å². The van der Waals surface area contributed by atoms with E-state index in [2.05, 4.69) is 5.32 Å². The first kappa shape index (κ1) is 13.8. The Morgan fingerprint density at radius 2 is 2.16 bits per heavy atom. The topological polar surface area (TPSA) is 58.4 Å². The molecule has 1 atom stereocenters. The van der Waals surface area contributed by atoms with Crippen molar-refractivity contribution in [2.24, 2.45) is 5.73 Å². The fraction of sp³-hybridized carbons (Fsp3) is 0.429. The van der Waals surface area contributed by atoms with Gasteiger partial charge in [-0.15, -0.1) is 0 Å². The Bertz CT molecular complexity index is 489. The van der Waals surface area contributed by atoms with E-state index < -0.39 is 0 Å². The average Bonchev–Trinajstić information content (AvgIpc) is 2.41. The number of nitrogens with two attached hydrogens (primary N) is 1. The Balaban J connectivity index is 2.10. The number of likely N-dealkylation sites (tertiary alicyclic amines) is 1. The molecule has 2 rings (SSSR count). The number of anilines is 1. The summed E-state index contributed by atoms with van der Waals surface area (Å²) in [5, 5.41) is 3.80. The molecule has 0 saturated carbocycles. The maximum Gasteiger partial charge on any atom is 0.240 e. The van der Waals surface area contributed by atoms with Crippen molar-refractivity contribution in [2.45, 2.75) is 32.2 Å². The van der Waals surface area contributed by atoms with Crippen LogP contribution in [0.2, 0.25) is 0 Å². The lowest BCUT2D eigenvalue weighted by Crippen LogP contribution is -2.51. The van der Waals surface area contributed by atoms with Gasteiger partial charge in [-0.3, -0.25) is 4.79 Å². The van der Waals surface area contributed by atoms with E-state index in [0.29, 0.717) is 5.11 Å². The number of piperidine rings is 1. The smallest absolute Gasteiger partial charge is 0.240 e. The van der Waals surface area contributed by atoms with Gasteiger partial charge in [0.2, 0.25) is 5.91 Å². The minimum atomic E-state index is -0.298. The minimum absolute atomic E-state index is 0.280. The summed E-state index contributed by atoms with van der Waals surface area (Å²) in [6, 6.07) is 7.66. The van der Waals surface area contributed by atoms with Crippen molar-refractivity contribution < 1.29 is 4.79 Å². The maximum atomic E-state index is 11.5. The molecule has 1 heterocycles. The number of carbonyl (C=O) groups is 1. The molecule has 0 radical (unpaired) electrons. The molecule has 1 saturated heterocycles. The van der Waals surface area contributed by atoms with Gasteiger partial charge in [-0.1, -0.05) is 18.2 Å². The van der Waals surface area contributed by atoms with Crippen LogP contribution in [0, 0.1) is 6.92 Å². The quantitative estimate of drug-likeness (QED) is 0.812. The molecule has 3 N–H and O–H groups in total. The van der Waals surface area contributed by atoms with Crippen LogP contribution in [0.4, 0.5) is 5.69 Å². The van der Waals surface area contributed by atoms with Gasteiger partial charge in [0.15, 0.2) is 5.11 Å². The van der Waals surface area contributed by atoms with Gasteiger partial charge in [0.25, 0.3) is 0 Å². The van der Waals surface area contributed by atoms with Gasteiger partial charge in [0.1, 0.15) is 6.04 Å². The fourth-order valence-corrected chi connectivity index (χ4v) is 2.70. The molecule has 102 valence electrons. The second-order valence-electron chi connectivity index (χ2n) is 4.85. The predicted octanol–water partition coefficient (Wildman–Crippen LogP) is 2.03. The number of carbonyl (C=O) groups excluding carboxylic acids is 1. The lowest BCUT2D eigenvalue weighted by Gasteiger charge is -2.35. The van der Waals surface area contributed by atoms with Crippen LogP contribution in [0.15, 0.2) is 24.3 Å². The third kappa shape index (κ3) is 3.23. The van der Waals surface area contributed by atoms with Gasteiger partial charge in [-0.2, -0.15) is 0 Å². The Morgan fingerprint density at radius 1 is 1.42 bits per heavy atom. The molecule has 0 aromatic heterocycles. The van der Waals surface area contributed by atoms with Gasteiger partial charge >= 0.3 is 0 Å². The molecule has 4 nitrogen and oxygen atoms in total. The number of primary amides is 1. The van der Waals surface area contributed by atoms with E-state index in [0.717, 1.165) is 37.1 Å². The number of para-hydroxylation sites is 1. The third-order valence-electron chi connectivity index (χ3n) is 3.48. The number of aryl methyl sites for hydroxylation is 1. The summed E-state index contributed by atoms with van der Waals surface area (Å²) in [5.74, 6) is -0.298. The molecule has 19 heavy (non-hydrogen) atoms. The lowest BCUT2D eigenvalue weighted by atomic mass is 10.0. The van der Waals surface area contributed by atoms with Gasteiger partial charge in [0.05, 0.1) is 0 Å². The standard InChI is InChI=1S/C14H19N3OS/c1-10-6-2-3-7-11(10)16-14(19)17-9-5-4-8-12(17)13(15)18/h2-3,6-7,12H,4-5,8-9H2,1H3,(H2,15,18)(H,16,19)/t12-/m0/s1. The highest BCUT2D eigenvalue weighted by Crippen LogP contribution is 2.20. The van der Waals surface area contributed by atoms with Crippen LogP contribution >= 0.6 is 12.2 Å². The van der Waals surface area contributed by atoms with Crippen molar-refractivity contribution in [1.29, 1.82) is 0 Å². The second-order valence-corrected chi connectivity index (χ2v) is 5.24. The summed E-state index contributed by atoms with van der Waals surface area (Å²) in [4.78, 5) is 13.4. The van der Waals surface area contributed by atoms with Crippen molar-refractivity contribution in [1.82, 2.24) is 4.90 Å². The first-order valence-electron chi connectivity index (χ1n) is 6.52. The number of benzene rings is 1. The molecule has 1 amide bonds. The summed E-state index contributed by atoms with van der Waals surface area (Å²) in [7, 11) is 0. The zero-order valence-electron chi connectivity index (χ0n) is 11.1. The summed E-state index contributed by atoms with van der Waals surface area (Å²) in [5.41, 5.74) is 7.55. The van der Waals surface area contributed by atoms with Crippen molar-refractivity contribution in [3.05, 3.63) is 29.8 Å². The zero-order valence-corrected chi connectivity index (χ0v) is 11.9. The average molecular weight is 277 g/mol. The normalized spacial score (nSPS) is 19.0. The number of rotatable bonds is 2. The van der Waals surface area contributed by atoms with E-state index in [1.165, 1.54) is 0 Å². The molecular formula is C14H19N3OS. The number of hydrogen-bond acceptors (Lipinski definition) is 2. The highest BCUT2D eigenvalue weighted by molar-refractivity contribution is 7.80. The Kier molecular flexibility index (Phi) is 4.37. The van der Waals surface area contributed by atoms with Crippen LogP contribution < -0.4 is 11.1 Å². The largest absolute Gasteiger partial charge is 0.368 e. The lowest BCUT2D eigenvalue weighted by molar-refractivity contribution is -0.122. The Morgan fingerprint density at radius 3 is 2.84 bits per heavy atom. The van der Waals surface area contributed by atoms with E-state index >= 15 is 0 Å². The maximum absolute atomic E-state index is 11.5. The molecule has 0 bridgehead atoms. The summed E-state index contributed by atoms with van der Waals surface area (Å²) < 4.78 is 0. The van der Waals surface area contributed by atoms with Crippen LogP contribution in [0.1, 0.15) is 24.8 Å². The van der Waals surface area contributed by atoms with Crippen LogP contribution in [-0.4, -0.2) is 28.5 Å². The molecule has 1 aromatic carbocycles. The van der Waals surface area contributed by atoms with Crippen molar-refractivity contribution in [3.63, 3.8) is 0 Å². The fourth-order valence-electron chi connectivity index (χ4n) is 2.37. The monoisotopic (exact) mass is 277 g/mol. The number of amides is 1. The van der Waals surface area contributed by atoms with Crippen molar-refractivity contribution in [3.8, 4) is 0 Å². The Hall–Kier alpha value is -1.62. The number of nitrogens with zero attached hydrogens (tertiary/aromatic N) is 1. The molecule has 0 aliphatic carbocycles. The first-order valence-corrected chi connectivity index (χ1v) is 6.93. The van der Waals surface area contributed by atoms with Crippen LogP contribution in [0.25, 0.3) is 0 Å². The van der Waals surface area contributed by atoms with Crippen LogP contribution in [0.3, 0.4) is 0 Å². The van der Waals surface area contributed by atoms with Gasteiger partial charge in [0, 0.05) is 12.2 Å². The van der Waals surface area contributed by atoms with E-state index in [4.69, 9.17) is 18.0 Å². The van der Waals surface area contributed by atoms with Gasteiger partial charge < -0.3 is 16.0 Å². The SMILES string of the molecule is Cc1ccccc1NC(=S)N1CCCC[C@H]1C(N)=O.